The molecule has 3 heterocycles. The quantitative estimate of drug-likeness (QED) is 0.641. The lowest BCUT2D eigenvalue weighted by Crippen LogP contribution is -2.53. The predicted molar refractivity (Wildman–Crippen MR) is 79.7 cm³/mol. The number of amides is 3. The van der Waals surface area contributed by atoms with Crippen LogP contribution in [0, 0.1) is 0 Å². The molecule has 2 aromatic rings. The highest BCUT2D eigenvalue weighted by Crippen LogP contribution is 2.39. The molecule has 7 heteroatoms. The van der Waals surface area contributed by atoms with Crippen molar-refractivity contribution in [2.45, 2.75) is 18.9 Å². The minimum atomic E-state index is -0.744. The predicted octanol–water partition coefficient (Wildman–Crippen LogP) is 1.65. The fraction of sp³-hybridized carbons (Fsp3) is 0.200. The first-order valence-electron chi connectivity index (χ1n) is 6.83. The minimum Gasteiger partial charge on any atom is -0.295 e. The topological polar surface area (TPSA) is 79.4 Å². The summed E-state index contributed by atoms with van der Waals surface area (Å²) in [6, 6.07) is 6.26. The number of nitrogens with one attached hydrogen (secondary N) is 1. The fourth-order valence-corrected chi connectivity index (χ4v) is 3.25. The van der Waals surface area contributed by atoms with E-state index in [4.69, 9.17) is 11.6 Å². The molecule has 1 fully saturated rings. The zero-order valence-electron chi connectivity index (χ0n) is 11.3. The number of carbonyl (C=O) groups excluding carboxylic acids is 3. The number of rotatable bonds is 1. The Morgan fingerprint density at radius 2 is 2.09 bits per heavy atom. The van der Waals surface area contributed by atoms with E-state index in [2.05, 4.69) is 10.3 Å². The highest BCUT2D eigenvalue weighted by Gasteiger charge is 2.41. The number of imide groups is 1. The maximum atomic E-state index is 12.7. The molecule has 1 N–H and O–H groups in total. The molecule has 6 nitrogen and oxygen atoms in total. The van der Waals surface area contributed by atoms with Crippen molar-refractivity contribution >= 4 is 45.9 Å². The largest absolute Gasteiger partial charge is 0.295 e. The van der Waals surface area contributed by atoms with E-state index in [0.29, 0.717) is 16.8 Å². The first kappa shape index (κ1) is 13.2. The zero-order chi connectivity index (χ0) is 15.4. The zero-order valence-corrected chi connectivity index (χ0v) is 12.1. The number of hydrogen-bond acceptors (Lipinski definition) is 4. The number of benzene rings is 1. The van der Waals surface area contributed by atoms with Gasteiger partial charge in [0.2, 0.25) is 11.8 Å². The van der Waals surface area contributed by atoms with E-state index in [1.54, 1.807) is 18.2 Å². The molecular formula is C15H10ClN3O3. The fourth-order valence-electron chi connectivity index (χ4n) is 3.05. The van der Waals surface area contributed by atoms with Crippen molar-refractivity contribution in [2.24, 2.45) is 0 Å². The van der Waals surface area contributed by atoms with Crippen LogP contribution in [0.15, 0.2) is 24.3 Å². The van der Waals surface area contributed by atoms with Crippen molar-refractivity contribution in [2.75, 3.05) is 4.90 Å². The SMILES string of the molecule is O=C1CCC(N2C(=O)c3cccc4cc(Cl)nc2c34)C(=O)N1. The number of pyridine rings is 1. The highest BCUT2D eigenvalue weighted by molar-refractivity contribution is 6.32. The Morgan fingerprint density at radius 1 is 1.27 bits per heavy atom. The van der Waals surface area contributed by atoms with E-state index in [1.807, 2.05) is 6.07 Å². The van der Waals surface area contributed by atoms with Crippen molar-refractivity contribution in [3.8, 4) is 0 Å². The molecule has 22 heavy (non-hydrogen) atoms. The summed E-state index contributed by atoms with van der Waals surface area (Å²) in [6.45, 7) is 0. The molecule has 110 valence electrons. The van der Waals surface area contributed by atoms with E-state index in [1.165, 1.54) is 4.90 Å². The number of aromatic nitrogens is 1. The number of anilines is 1. The normalized spacial score (nSPS) is 20.7. The van der Waals surface area contributed by atoms with Gasteiger partial charge in [0.1, 0.15) is 17.0 Å². The molecule has 1 aromatic heterocycles. The van der Waals surface area contributed by atoms with Crippen LogP contribution in [0.5, 0.6) is 0 Å². The van der Waals surface area contributed by atoms with Crippen molar-refractivity contribution in [3.05, 3.63) is 35.0 Å². The van der Waals surface area contributed by atoms with Crippen LogP contribution in [0.2, 0.25) is 5.15 Å². The Bertz CT molecular complexity index is 864. The maximum Gasteiger partial charge on any atom is 0.260 e. The van der Waals surface area contributed by atoms with Gasteiger partial charge in [-0.3, -0.25) is 24.6 Å². The van der Waals surface area contributed by atoms with Gasteiger partial charge in [-0.15, -0.1) is 0 Å². The van der Waals surface area contributed by atoms with Crippen molar-refractivity contribution < 1.29 is 14.4 Å². The minimum absolute atomic E-state index is 0.195. The molecule has 1 aromatic carbocycles. The molecular weight excluding hydrogens is 306 g/mol. The van der Waals surface area contributed by atoms with Crippen LogP contribution in [-0.4, -0.2) is 28.7 Å². The number of carbonyl (C=O) groups is 3. The molecule has 2 aliphatic heterocycles. The smallest absolute Gasteiger partial charge is 0.260 e. The summed E-state index contributed by atoms with van der Waals surface area (Å²) in [7, 11) is 0. The molecule has 3 amide bonds. The van der Waals surface area contributed by atoms with Crippen molar-refractivity contribution in [1.29, 1.82) is 0 Å². The van der Waals surface area contributed by atoms with E-state index in [9.17, 15) is 14.4 Å². The maximum absolute atomic E-state index is 12.7. The standard InChI is InChI=1S/C15H10ClN3O3/c16-10-6-7-2-1-3-8-12(7)13(17-10)19(15(8)22)9-4-5-11(20)18-14(9)21/h1-3,6,9H,4-5H2,(H,18,20,21). The lowest BCUT2D eigenvalue weighted by atomic mass is 10.0. The van der Waals surface area contributed by atoms with Gasteiger partial charge in [-0.05, 0) is 23.9 Å². The van der Waals surface area contributed by atoms with Crippen LogP contribution >= 0.6 is 11.6 Å². The summed E-state index contributed by atoms with van der Waals surface area (Å²) in [5, 5.41) is 4.02. The van der Waals surface area contributed by atoms with Crippen LogP contribution in [0.3, 0.4) is 0 Å². The Kier molecular flexibility index (Phi) is 2.71. The molecule has 1 unspecified atom stereocenters. The van der Waals surface area contributed by atoms with Gasteiger partial charge in [0.25, 0.3) is 5.91 Å². The highest BCUT2D eigenvalue weighted by atomic mass is 35.5. The van der Waals surface area contributed by atoms with Crippen molar-refractivity contribution in [1.82, 2.24) is 10.3 Å². The summed E-state index contributed by atoms with van der Waals surface area (Å²) in [5.41, 5.74) is 0.501. The number of hydrogen-bond donors (Lipinski definition) is 1. The second-order valence-corrected chi connectivity index (χ2v) is 5.70. The third kappa shape index (κ3) is 1.74. The molecule has 0 bridgehead atoms. The van der Waals surface area contributed by atoms with Gasteiger partial charge in [-0.1, -0.05) is 23.7 Å². The third-order valence-electron chi connectivity index (χ3n) is 4.01. The summed E-state index contributed by atoms with van der Waals surface area (Å²) in [6.07, 6.45) is 0.473. The molecule has 1 saturated heterocycles. The van der Waals surface area contributed by atoms with E-state index in [-0.39, 0.29) is 29.8 Å². The van der Waals surface area contributed by atoms with Gasteiger partial charge in [0.05, 0.1) is 5.56 Å². The number of halogens is 1. The van der Waals surface area contributed by atoms with Gasteiger partial charge < -0.3 is 0 Å². The molecule has 4 rings (SSSR count). The van der Waals surface area contributed by atoms with Gasteiger partial charge >= 0.3 is 0 Å². The second kappa shape index (κ2) is 4.51. The number of nitrogens with zero attached hydrogens (tertiary/aromatic N) is 2. The Morgan fingerprint density at radius 3 is 2.86 bits per heavy atom. The average molecular weight is 316 g/mol. The molecule has 0 aliphatic carbocycles. The lowest BCUT2D eigenvalue weighted by Gasteiger charge is -2.29. The second-order valence-electron chi connectivity index (χ2n) is 5.31. The summed E-state index contributed by atoms with van der Waals surface area (Å²) in [4.78, 5) is 41.7. The molecule has 0 radical (unpaired) electrons. The monoisotopic (exact) mass is 315 g/mol. The Hall–Kier alpha value is -2.47. The first-order chi connectivity index (χ1) is 10.6. The summed E-state index contributed by atoms with van der Waals surface area (Å²) < 4.78 is 0. The van der Waals surface area contributed by atoms with Crippen LogP contribution in [0.4, 0.5) is 5.82 Å². The summed E-state index contributed by atoms with van der Waals surface area (Å²) in [5.74, 6) is -0.704. The van der Waals surface area contributed by atoms with E-state index < -0.39 is 11.9 Å². The van der Waals surface area contributed by atoms with Crippen LogP contribution in [0.1, 0.15) is 23.2 Å². The molecule has 2 aliphatic rings. The van der Waals surface area contributed by atoms with Crippen molar-refractivity contribution in [3.63, 3.8) is 0 Å². The van der Waals surface area contributed by atoms with Gasteiger partial charge in [-0.2, -0.15) is 0 Å². The Labute approximate surface area is 130 Å². The van der Waals surface area contributed by atoms with Crippen LogP contribution in [0.25, 0.3) is 10.8 Å². The lowest BCUT2D eigenvalue weighted by molar-refractivity contribution is -0.134. The average Bonchev–Trinajstić information content (AvgIpc) is 2.74. The van der Waals surface area contributed by atoms with E-state index >= 15 is 0 Å². The molecule has 0 saturated carbocycles. The van der Waals surface area contributed by atoms with Gasteiger partial charge in [0, 0.05) is 11.8 Å². The third-order valence-corrected chi connectivity index (χ3v) is 4.20. The van der Waals surface area contributed by atoms with E-state index in [0.717, 1.165) is 5.39 Å². The van der Waals surface area contributed by atoms with Crippen LogP contribution in [-0.2, 0) is 9.59 Å². The van der Waals surface area contributed by atoms with Gasteiger partial charge in [0.15, 0.2) is 0 Å². The Balaban J connectivity index is 1.89. The first-order valence-corrected chi connectivity index (χ1v) is 7.20. The molecule has 0 spiro atoms. The number of piperidine rings is 1. The summed E-state index contributed by atoms with van der Waals surface area (Å²) >= 11 is 6.03. The van der Waals surface area contributed by atoms with Gasteiger partial charge in [-0.25, -0.2) is 4.98 Å². The molecule has 1 atom stereocenters. The van der Waals surface area contributed by atoms with Crippen LogP contribution < -0.4 is 10.2 Å².